The van der Waals surface area contributed by atoms with E-state index in [4.69, 9.17) is 5.11 Å². The zero-order chi connectivity index (χ0) is 5.98. The fourth-order valence-corrected chi connectivity index (χ4v) is 0.847. The Bertz CT molecular complexity index is 109. The molecule has 1 rings (SSSR count). The van der Waals surface area contributed by atoms with Gasteiger partial charge in [0.05, 0.1) is 5.76 Å². The van der Waals surface area contributed by atoms with Gasteiger partial charge in [0, 0.05) is 19.0 Å². The van der Waals surface area contributed by atoms with Crippen molar-refractivity contribution in [2.75, 3.05) is 6.54 Å². The Balaban J connectivity index is 2.45. The van der Waals surface area contributed by atoms with Crippen molar-refractivity contribution in [1.82, 2.24) is 5.32 Å². The smallest absolute Gasteiger partial charge is 0.0911 e. The van der Waals surface area contributed by atoms with Crippen molar-refractivity contribution < 1.29 is 5.11 Å². The molecule has 0 bridgehead atoms. The average molecular weight is 113 g/mol. The minimum atomic E-state index is 0.444. The quantitative estimate of drug-likeness (QED) is 0.487. The maximum absolute atomic E-state index is 8.90. The van der Waals surface area contributed by atoms with Crippen molar-refractivity contribution in [3.63, 3.8) is 0 Å². The Kier molecular flexibility index (Phi) is 1.53. The van der Waals surface area contributed by atoms with E-state index in [0.29, 0.717) is 11.8 Å². The number of hydrogen-bond donors (Lipinski definition) is 2. The van der Waals surface area contributed by atoms with Crippen molar-refractivity contribution in [1.29, 1.82) is 0 Å². The molecule has 1 heterocycles. The maximum Gasteiger partial charge on any atom is 0.0911 e. The molecule has 0 saturated carbocycles. The molecule has 2 nitrogen and oxygen atoms in total. The summed E-state index contributed by atoms with van der Waals surface area (Å²) >= 11 is 0. The molecular formula is C6H11NO. The van der Waals surface area contributed by atoms with Crippen LogP contribution in [0.1, 0.15) is 13.3 Å². The SMILES string of the molecule is CC1CC(O)=CCN1. The van der Waals surface area contributed by atoms with Crippen LogP contribution in [0, 0.1) is 0 Å². The molecule has 0 fully saturated rings. The predicted octanol–water partition coefficient (Wildman–Crippen LogP) is 0.810. The molecule has 1 aliphatic rings. The molecule has 0 amide bonds. The van der Waals surface area contributed by atoms with Crippen LogP contribution in [0.15, 0.2) is 11.8 Å². The lowest BCUT2D eigenvalue weighted by atomic mass is 10.1. The van der Waals surface area contributed by atoms with Gasteiger partial charge < -0.3 is 10.4 Å². The molecule has 0 saturated heterocycles. The second-order valence-electron chi connectivity index (χ2n) is 2.21. The summed E-state index contributed by atoms with van der Waals surface area (Å²) in [4.78, 5) is 0. The maximum atomic E-state index is 8.90. The molecule has 46 valence electrons. The molecule has 0 aromatic heterocycles. The highest BCUT2D eigenvalue weighted by Crippen LogP contribution is 2.04. The van der Waals surface area contributed by atoms with Crippen LogP contribution in [0.25, 0.3) is 0 Å². The largest absolute Gasteiger partial charge is 0.513 e. The molecule has 1 atom stereocenters. The third-order valence-electron chi connectivity index (χ3n) is 1.32. The van der Waals surface area contributed by atoms with Crippen LogP contribution in [0.5, 0.6) is 0 Å². The van der Waals surface area contributed by atoms with Gasteiger partial charge in [0.25, 0.3) is 0 Å². The van der Waals surface area contributed by atoms with Gasteiger partial charge in [-0.2, -0.15) is 0 Å². The van der Waals surface area contributed by atoms with Gasteiger partial charge >= 0.3 is 0 Å². The first-order chi connectivity index (χ1) is 3.79. The summed E-state index contributed by atoms with van der Waals surface area (Å²) in [7, 11) is 0. The number of rotatable bonds is 0. The van der Waals surface area contributed by atoms with E-state index in [1.807, 2.05) is 0 Å². The third kappa shape index (κ3) is 1.23. The molecule has 1 aliphatic heterocycles. The highest BCUT2D eigenvalue weighted by Gasteiger charge is 2.06. The Hall–Kier alpha value is -0.500. The fourth-order valence-electron chi connectivity index (χ4n) is 0.847. The minimum absolute atomic E-state index is 0.444. The molecule has 0 aliphatic carbocycles. The molecule has 8 heavy (non-hydrogen) atoms. The first kappa shape index (κ1) is 5.63. The lowest BCUT2D eigenvalue weighted by molar-refractivity contribution is 0.348. The second-order valence-corrected chi connectivity index (χ2v) is 2.21. The summed E-state index contributed by atoms with van der Waals surface area (Å²) in [6.07, 6.45) is 2.58. The predicted molar refractivity (Wildman–Crippen MR) is 32.8 cm³/mol. The standard InChI is InChI=1S/C6H11NO/c1-5-4-6(8)2-3-7-5/h2,5,7-8H,3-4H2,1H3. The molecule has 0 aromatic carbocycles. The molecule has 0 aromatic rings. The van der Waals surface area contributed by atoms with Crippen LogP contribution in [0.4, 0.5) is 0 Å². The van der Waals surface area contributed by atoms with Crippen molar-refractivity contribution in [2.45, 2.75) is 19.4 Å². The van der Waals surface area contributed by atoms with E-state index in [1.54, 1.807) is 6.08 Å². The lowest BCUT2D eigenvalue weighted by Gasteiger charge is -2.16. The number of aliphatic hydroxyl groups excluding tert-OH is 1. The van der Waals surface area contributed by atoms with E-state index in [9.17, 15) is 0 Å². The summed E-state index contributed by atoms with van der Waals surface area (Å²) in [5.41, 5.74) is 0. The van der Waals surface area contributed by atoms with E-state index < -0.39 is 0 Å². The van der Waals surface area contributed by atoms with E-state index in [1.165, 1.54) is 0 Å². The molecular weight excluding hydrogens is 102 g/mol. The van der Waals surface area contributed by atoms with Gasteiger partial charge in [0.1, 0.15) is 0 Å². The van der Waals surface area contributed by atoms with Gasteiger partial charge in [-0.1, -0.05) is 0 Å². The fraction of sp³-hybridized carbons (Fsp3) is 0.667. The normalized spacial score (nSPS) is 29.6. The highest BCUT2D eigenvalue weighted by molar-refractivity contribution is 4.99. The van der Waals surface area contributed by atoms with Crippen molar-refractivity contribution in [3.05, 3.63) is 11.8 Å². The van der Waals surface area contributed by atoms with Gasteiger partial charge in [0.15, 0.2) is 0 Å². The van der Waals surface area contributed by atoms with Crippen LogP contribution in [-0.4, -0.2) is 17.7 Å². The van der Waals surface area contributed by atoms with E-state index in [-0.39, 0.29) is 0 Å². The van der Waals surface area contributed by atoms with Crippen molar-refractivity contribution in [2.24, 2.45) is 0 Å². The first-order valence-electron chi connectivity index (χ1n) is 2.90. The van der Waals surface area contributed by atoms with E-state index >= 15 is 0 Å². The molecule has 0 radical (unpaired) electrons. The third-order valence-corrected chi connectivity index (χ3v) is 1.32. The Morgan fingerprint density at radius 2 is 2.62 bits per heavy atom. The summed E-state index contributed by atoms with van der Waals surface area (Å²) in [6.45, 7) is 2.87. The Labute approximate surface area is 49.2 Å². The van der Waals surface area contributed by atoms with E-state index in [2.05, 4.69) is 12.2 Å². The summed E-state index contributed by atoms with van der Waals surface area (Å²) in [5.74, 6) is 0.524. The monoisotopic (exact) mass is 113 g/mol. The molecule has 2 heteroatoms. The second kappa shape index (κ2) is 2.18. The van der Waals surface area contributed by atoms with Gasteiger partial charge in [-0.15, -0.1) is 0 Å². The van der Waals surface area contributed by atoms with Crippen LogP contribution < -0.4 is 5.32 Å². The topological polar surface area (TPSA) is 32.3 Å². The lowest BCUT2D eigenvalue weighted by Crippen LogP contribution is -2.30. The van der Waals surface area contributed by atoms with Gasteiger partial charge in [0.2, 0.25) is 0 Å². The molecule has 1 unspecified atom stereocenters. The van der Waals surface area contributed by atoms with Crippen LogP contribution in [0.2, 0.25) is 0 Å². The highest BCUT2D eigenvalue weighted by atomic mass is 16.3. The minimum Gasteiger partial charge on any atom is -0.513 e. The molecule has 2 N–H and O–H groups in total. The van der Waals surface area contributed by atoms with Gasteiger partial charge in [-0.05, 0) is 13.0 Å². The average Bonchev–Trinajstić information content (AvgIpc) is 1.64. The first-order valence-corrected chi connectivity index (χ1v) is 2.90. The summed E-state index contributed by atoms with van der Waals surface area (Å²) < 4.78 is 0. The van der Waals surface area contributed by atoms with Crippen LogP contribution in [-0.2, 0) is 0 Å². The zero-order valence-corrected chi connectivity index (χ0v) is 5.02. The summed E-state index contributed by atoms with van der Waals surface area (Å²) in [5, 5.41) is 12.1. The van der Waals surface area contributed by atoms with Crippen LogP contribution >= 0.6 is 0 Å². The molecule has 0 spiro atoms. The van der Waals surface area contributed by atoms with Gasteiger partial charge in [-0.3, -0.25) is 0 Å². The number of aliphatic hydroxyl groups is 1. The summed E-state index contributed by atoms with van der Waals surface area (Å²) in [6, 6.07) is 0.444. The number of hydrogen-bond acceptors (Lipinski definition) is 2. The zero-order valence-electron chi connectivity index (χ0n) is 5.02. The van der Waals surface area contributed by atoms with Gasteiger partial charge in [-0.25, -0.2) is 0 Å². The van der Waals surface area contributed by atoms with E-state index in [0.717, 1.165) is 13.0 Å². The Morgan fingerprint density at radius 3 is 3.00 bits per heavy atom. The van der Waals surface area contributed by atoms with Crippen molar-refractivity contribution in [3.8, 4) is 0 Å². The Morgan fingerprint density at radius 1 is 1.88 bits per heavy atom. The van der Waals surface area contributed by atoms with Crippen LogP contribution in [0.3, 0.4) is 0 Å². The van der Waals surface area contributed by atoms with Crippen molar-refractivity contribution >= 4 is 0 Å². The number of nitrogens with one attached hydrogen (secondary N) is 1.